The first-order valence-corrected chi connectivity index (χ1v) is 9.30. The zero-order valence-electron chi connectivity index (χ0n) is 13.9. The summed E-state index contributed by atoms with van der Waals surface area (Å²) in [5, 5.41) is 6.84. The summed E-state index contributed by atoms with van der Waals surface area (Å²) in [6.45, 7) is 1.76. The summed E-state index contributed by atoms with van der Waals surface area (Å²) < 4.78 is 13.1. The van der Waals surface area contributed by atoms with Gasteiger partial charge in [0.05, 0.1) is 16.9 Å². The molecule has 3 rings (SSSR count). The van der Waals surface area contributed by atoms with Crippen LogP contribution in [0.25, 0.3) is 0 Å². The average molecular weight is 354 g/mol. The van der Waals surface area contributed by atoms with Crippen molar-refractivity contribution in [2.45, 2.75) is 56.9 Å². The predicted octanol–water partition coefficient (Wildman–Crippen LogP) is 3.41. The molecule has 1 aliphatic heterocycles. The van der Waals surface area contributed by atoms with Crippen molar-refractivity contribution in [3.05, 3.63) is 28.8 Å². The van der Waals surface area contributed by atoms with E-state index in [-0.39, 0.29) is 11.7 Å². The largest absolute Gasteiger partial charge is 0.356 e. The van der Waals surface area contributed by atoms with Gasteiger partial charge >= 0.3 is 0 Å². The second-order valence-electron chi connectivity index (χ2n) is 7.02. The van der Waals surface area contributed by atoms with Gasteiger partial charge in [-0.25, -0.2) is 4.39 Å². The Hall–Kier alpha value is -1.20. The Balaban J connectivity index is 1.40. The summed E-state index contributed by atoms with van der Waals surface area (Å²) >= 11 is 6.14. The van der Waals surface area contributed by atoms with Gasteiger partial charge in [0.2, 0.25) is 5.91 Å². The van der Waals surface area contributed by atoms with Gasteiger partial charge in [-0.3, -0.25) is 9.78 Å². The molecule has 2 N–H and O–H groups in total. The maximum Gasteiger partial charge on any atom is 0.221 e. The Morgan fingerprint density at radius 2 is 2.08 bits per heavy atom. The van der Waals surface area contributed by atoms with E-state index in [4.69, 9.17) is 11.6 Å². The Kier molecular flexibility index (Phi) is 6.06. The molecule has 1 aliphatic carbocycles. The summed E-state index contributed by atoms with van der Waals surface area (Å²) in [6.07, 6.45) is 8.48. The molecule has 1 aromatic heterocycles. The van der Waals surface area contributed by atoms with Crippen molar-refractivity contribution < 1.29 is 9.18 Å². The highest BCUT2D eigenvalue weighted by atomic mass is 35.5. The number of piperidine rings is 1. The highest BCUT2D eigenvalue weighted by molar-refractivity contribution is 6.31. The third-order valence-electron chi connectivity index (χ3n) is 5.30. The van der Waals surface area contributed by atoms with Crippen molar-refractivity contribution >= 4 is 17.5 Å². The Labute approximate surface area is 147 Å². The number of nitrogens with zero attached hydrogens (tertiary/aromatic N) is 1. The Morgan fingerprint density at radius 3 is 2.79 bits per heavy atom. The van der Waals surface area contributed by atoms with Crippen LogP contribution >= 0.6 is 11.6 Å². The molecule has 6 heteroatoms. The van der Waals surface area contributed by atoms with Gasteiger partial charge in [0, 0.05) is 24.9 Å². The van der Waals surface area contributed by atoms with E-state index < -0.39 is 0 Å². The third kappa shape index (κ3) is 4.67. The molecule has 2 heterocycles. The van der Waals surface area contributed by atoms with E-state index in [1.54, 1.807) is 0 Å². The summed E-state index contributed by atoms with van der Waals surface area (Å²) in [4.78, 5) is 15.6. The van der Waals surface area contributed by atoms with Crippen LogP contribution in [-0.2, 0) is 4.79 Å². The van der Waals surface area contributed by atoms with Gasteiger partial charge in [0.1, 0.15) is 5.82 Å². The molecule has 0 unspecified atom stereocenters. The number of carbonyl (C=O) groups excluding carboxylic acids is 1. The second kappa shape index (κ2) is 8.26. The molecule has 4 nitrogen and oxygen atoms in total. The van der Waals surface area contributed by atoms with E-state index in [9.17, 15) is 9.18 Å². The lowest BCUT2D eigenvalue weighted by atomic mass is 9.79. The first kappa shape index (κ1) is 17.6. The van der Waals surface area contributed by atoms with E-state index in [0.717, 1.165) is 57.3 Å². The van der Waals surface area contributed by atoms with Crippen molar-refractivity contribution in [3.63, 3.8) is 0 Å². The van der Waals surface area contributed by atoms with Crippen molar-refractivity contribution in [2.24, 2.45) is 5.92 Å². The minimum absolute atomic E-state index is 0.155. The monoisotopic (exact) mass is 353 g/mol. The quantitative estimate of drug-likeness (QED) is 0.853. The molecule has 0 radical (unpaired) electrons. The number of amides is 1. The average Bonchev–Trinajstić information content (AvgIpc) is 2.56. The van der Waals surface area contributed by atoms with Crippen LogP contribution in [0.1, 0.15) is 56.6 Å². The van der Waals surface area contributed by atoms with Gasteiger partial charge in [-0.15, -0.1) is 0 Å². The zero-order valence-corrected chi connectivity index (χ0v) is 14.6. The molecule has 132 valence electrons. The smallest absolute Gasteiger partial charge is 0.221 e. The first-order valence-electron chi connectivity index (χ1n) is 8.93. The second-order valence-corrected chi connectivity index (χ2v) is 7.43. The summed E-state index contributed by atoms with van der Waals surface area (Å²) in [7, 11) is 0. The topological polar surface area (TPSA) is 54.0 Å². The normalized spacial score (nSPS) is 27.8. The molecule has 1 aromatic rings. The number of hydrogen-bond acceptors (Lipinski definition) is 3. The molecule has 24 heavy (non-hydrogen) atoms. The lowest BCUT2D eigenvalue weighted by Gasteiger charge is -2.29. The maximum absolute atomic E-state index is 13.1. The minimum atomic E-state index is -0.375. The summed E-state index contributed by atoms with van der Waals surface area (Å²) in [5.74, 6) is 0.845. The predicted molar refractivity (Wildman–Crippen MR) is 92.6 cm³/mol. The number of carbonyl (C=O) groups is 1. The first-order chi connectivity index (χ1) is 11.6. The van der Waals surface area contributed by atoms with E-state index >= 15 is 0 Å². The fourth-order valence-electron chi connectivity index (χ4n) is 3.90. The highest BCUT2D eigenvalue weighted by Gasteiger charge is 2.25. The zero-order chi connectivity index (χ0) is 16.9. The van der Waals surface area contributed by atoms with Crippen LogP contribution in [0.15, 0.2) is 12.3 Å². The molecule has 1 atom stereocenters. The van der Waals surface area contributed by atoms with Crippen molar-refractivity contribution in [3.8, 4) is 0 Å². The van der Waals surface area contributed by atoms with Crippen LogP contribution in [0.2, 0.25) is 5.02 Å². The number of aromatic nitrogens is 1. The van der Waals surface area contributed by atoms with Gasteiger partial charge in [-0.1, -0.05) is 11.6 Å². The molecule has 1 saturated heterocycles. The van der Waals surface area contributed by atoms with E-state index in [1.165, 1.54) is 12.3 Å². The number of halogens is 2. The maximum atomic E-state index is 13.1. The standard InChI is InChI=1S/C18H25ClFN3O/c19-16-9-14(20)11-23-18(16)13-3-1-12(2-4-13)5-7-21-15-6-8-22-17(24)10-15/h9,11-13,15,21H,1-8,10H2,(H,22,24)/t12?,13?,15-/m0/s1. The molecule has 0 aromatic carbocycles. The van der Waals surface area contributed by atoms with Crippen molar-refractivity contribution in [1.82, 2.24) is 15.6 Å². The summed E-state index contributed by atoms with van der Waals surface area (Å²) in [5.41, 5.74) is 0.850. The van der Waals surface area contributed by atoms with Gasteiger partial charge in [0.25, 0.3) is 0 Å². The fraction of sp³-hybridized carbons (Fsp3) is 0.667. The third-order valence-corrected chi connectivity index (χ3v) is 5.60. The van der Waals surface area contributed by atoms with Gasteiger partial charge in [-0.2, -0.15) is 0 Å². The number of hydrogen-bond donors (Lipinski definition) is 2. The van der Waals surface area contributed by atoms with Crippen molar-refractivity contribution in [2.75, 3.05) is 13.1 Å². The Morgan fingerprint density at radius 1 is 1.29 bits per heavy atom. The lowest BCUT2D eigenvalue weighted by molar-refractivity contribution is -0.122. The van der Waals surface area contributed by atoms with Crippen molar-refractivity contribution in [1.29, 1.82) is 0 Å². The van der Waals surface area contributed by atoms with Crippen LogP contribution in [0.3, 0.4) is 0 Å². The van der Waals surface area contributed by atoms with Crippen LogP contribution in [-0.4, -0.2) is 30.0 Å². The van der Waals surface area contributed by atoms with Gasteiger partial charge in [-0.05, 0) is 57.1 Å². The van der Waals surface area contributed by atoms with Crippen LogP contribution in [0.5, 0.6) is 0 Å². The molecule has 2 fully saturated rings. The molecule has 1 saturated carbocycles. The molecular formula is C18H25ClFN3O. The van der Waals surface area contributed by atoms with Crippen LogP contribution in [0.4, 0.5) is 4.39 Å². The number of pyridine rings is 1. The van der Waals surface area contributed by atoms with E-state index in [1.807, 2.05) is 0 Å². The van der Waals surface area contributed by atoms with E-state index in [0.29, 0.717) is 29.3 Å². The SMILES string of the molecule is O=C1C[C@@H](NCCC2CCC(c3ncc(F)cc3Cl)CC2)CCN1. The van der Waals surface area contributed by atoms with Gasteiger partial charge < -0.3 is 10.6 Å². The Bertz CT molecular complexity index is 575. The fourth-order valence-corrected chi connectivity index (χ4v) is 4.21. The van der Waals surface area contributed by atoms with Crippen LogP contribution < -0.4 is 10.6 Å². The van der Waals surface area contributed by atoms with Gasteiger partial charge in [0.15, 0.2) is 0 Å². The lowest BCUT2D eigenvalue weighted by Crippen LogP contribution is -2.43. The number of nitrogens with one attached hydrogen (secondary N) is 2. The minimum Gasteiger partial charge on any atom is -0.356 e. The highest BCUT2D eigenvalue weighted by Crippen LogP contribution is 2.38. The van der Waals surface area contributed by atoms with Crippen LogP contribution in [0, 0.1) is 11.7 Å². The summed E-state index contributed by atoms with van der Waals surface area (Å²) in [6, 6.07) is 1.69. The molecule has 0 spiro atoms. The molecule has 2 aliphatic rings. The molecule has 1 amide bonds. The van der Waals surface area contributed by atoms with E-state index in [2.05, 4.69) is 15.6 Å². The number of rotatable bonds is 5. The molecule has 0 bridgehead atoms. The molecular weight excluding hydrogens is 329 g/mol.